The summed E-state index contributed by atoms with van der Waals surface area (Å²) < 4.78 is 45.7. The first-order valence-corrected chi connectivity index (χ1v) is 10.2. The van der Waals surface area contributed by atoms with Crippen molar-refractivity contribution in [3.8, 4) is 5.75 Å². The number of furan rings is 1. The van der Waals surface area contributed by atoms with Gasteiger partial charge in [-0.05, 0) is 36.1 Å². The highest BCUT2D eigenvalue weighted by Crippen LogP contribution is 2.41. The Morgan fingerprint density at radius 1 is 1.21 bits per heavy atom. The first kappa shape index (κ1) is 25.8. The zero-order valence-electron chi connectivity index (χ0n) is 19.1. The van der Waals surface area contributed by atoms with Gasteiger partial charge in [0.1, 0.15) is 17.5 Å². The molecular weight excluding hydrogens is 439 g/mol. The number of carbonyl (C=O) groups excluding carboxylic acids is 1. The van der Waals surface area contributed by atoms with Crippen LogP contribution in [0.2, 0.25) is 0 Å². The number of nitrogens with two attached hydrogens (primary N) is 2. The number of phenolic OH excluding ortho intramolecular Hbond substituents is 1. The summed E-state index contributed by atoms with van der Waals surface area (Å²) in [6.07, 6.45) is -2.69. The standard InChI is InChI=1S/C22H28F3N5O3/c1-6-14(16-9-12(10-33-16)11(2)3)28-19(26)20(27)29-15-8-7-13(22(23,24)25)17(18(15)31)21(32)30(4)5/h7-11,14,31H,6H2,1-5H3,(H2,26,28)(H2,27,29)/t14-/m1/s1. The van der Waals surface area contributed by atoms with E-state index in [9.17, 15) is 23.1 Å². The quantitative estimate of drug-likeness (QED) is 0.430. The number of benzene rings is 1. The summed E-state index contributed by atoms with van der Waals surface area (Å²) in [5.74, 6) is -1.68. The lowest BCUT2D eigenvalue weighted by molar-refractivity contribution is -0.138. The van der Waals surface area contributed by atoms with E-state index in [4.69, 9.17) is 15.9 Å². The number of aromatic hydroxyl groups is 1. The molecule has 1 heterocycles. The lowest BCUT2D eigenvalue weighted by Crippen LogP contribution is -2.31. The number of amides is 1. The van der Waals surface area contributed by atoms with Crippen LogP contribution in [0.4, 0.5) is 18.9 Å². The van der Waals surface area contributed by atoms with Gasteiger partial charge in [0.15, 0.2) is 17.4 Å². The highest BCUT2D eigenvalue weighted by Gasteiger charge is 2.38. The summed E-state index contributed by atoms with van der Waals surface area (Å²) in [6, 6.07) is 2.97. The van der Waals surface area contributed by atoms with Gasteiger partial charge in [0.05, 0.1) is 17.4 Å². The molecule has 0 fully saturated rings. The number of alkyl halides is 3. The fourth-order valence-corrected chi connectivity index (χ4v) is 2.97. The highest BCUT2D eigenvalue weighted by atomic mass is 19.4. The molecule has 2 aromatic rings. The predicted molar refractivity (Wildman–Crippen MR) is 120 cm³/mol. The van der Waals surface area contributed by atoms with Crippen LogP contribution in [-0.4, -0.2) is 41.7 Å². The number of nitrogens with zero attached hydrogens (tertiary/aromatic N) is 3. The van der Waals surface area contributed by atoms with Crippen molar-refractivity contribution in [3.63, 3.8) is 0 Å². The Hall–Kier alpha value is -3.50. The van der Waals surface area contributed by atoms with Crippen molar-refractivity contribution in [2.45, 2.75) is 45.3 Å². The van der Waals surface area contributed by atoms with E-state index in [1.54, 1.807) is 6.26 Å². The van der Waals surface area contributed by atoms with Gasteiger partial charge >= 0.3 is 6.18 Å². The molecular formula is C22H28F3N5O3. The summed E-state index contributed by atoms with van der Waals surface area (Å²) in [7, 11) is 2.53. The van der Waals surface area contributed by atoms with Gasteiger partial charge in [-0.3, -0.25) is 9.79 Å². The molecule has 0 saturated carbocycles. The number of halogens is 3. The van der Waals surface area contributed by atoms with Gasteiger partial charge in [0.2, 0.25) is 0 Å². The van der Waals surface area contributed by atoms with Crippen molar-refractivity contribution < 1.29 is 27.5 Å². The third kappa shape index (κ3) is 5.85. The second-order valence-electron chi connectivity index (χ2n) is 7.93. The maximum Gasteiger partial charge on any atom is 0.417 e. The largest absolute Gasteiger partial charge is 0.505 e. The van der Waals surface area contributed by atoms with E-state index in [0.29, 0.717) is 18.2 Å². The van der Waals surface area contributed by atoms with E-state index in [0.717, 1.165) is 16.5 Å². The molecule has 1 aromatic heterocycles. The predicted octanol–water partition coefficient (Wildman–Crippen LogP) is 4.33. The summed E-state index contributed by atoms with van der Waals surface area (Å²) in [5.41, 5.74) is 10.3. The van der Waals surface area contributed by atoms with Gasteiger partial charge in [-0.2, -0.15) is 13.2 Å². The molecule has 1 amide bonds. The zero-order chi connectivity index (χ0) is 25.1. The number of carbonyl (C=O) groups is 1. The van der Waals surface area contributed by atoms with E-state index < -0.39 is 35.0 Å². The molecule has 5 N–H and O–H groups in total. The van der Waals surface area contributed by atoms with Crippen molar-refractivity contribution in [1.29, 1.82) is 0 Å². The van der Waals surface area contributed by atoms with Crippen LogP contribution >= 0.6 is 0 Å². The smallest absolute Gasteiger partial charge is 0.417 e. The number of aliphatic imine (C=N–C) groups is 2. The van der Waals surface area contributed by atoms with Crippen molar-refractivity contribution in [2.75, 3.05) is 14.1 Å². The highest BCUT2D eigenvalue weighted by molar-refractivity contribution is 6.39. The van der Waals surface area contributed by atoms with E-state index in [-0.39, 0.29) is 23.3 Å². The van der Waals surface area contributed by atoms with Gasteiger partial charge in [0.25, 0.3) is 5.91 Å². The Kier molecular flexibility index (Phi) is 7.78. The minimum atomic E-state index is -4.86. The second kappa shape index (κ2) is 9.97. The van der Waals surface area contributed by atoms with E-state index in [1.807, 2.05) is 26.8 Å². The van der Waals surface area contributed by atoms with E-state index in [2.05, 4.69) is 9.98 Å². The van der Waals surface area contributed by atoms with Crippen LogP contribution in [0.3, 0.4) is 0 Å². The molecule has 0 bridgehead atoms. The number of hydrogen-bond donors (Lipinski definition) is 3. The molecule has 0 unspecified atom stereocenters. The van der Waals surface area contributed by atoms with E-state index >= 15 is 0 Å². The molecule has 0 aliphatic carbocycles. The van der Waals surface area contributed by atoms with Gasteiger partial charge in [-0.25, -0.2) is 4.99 Å². The first-order chi connectivity index (χ1) is 15.3. The molecule has 0 aliphatic rings. The summed E-state index contributed by atoms with van der Waals surface area (Å²) in [4.78, 5) is 21.5. The molecule has 0 saturated heterocycles. The molecule has 8 nitrogen and oxygen atoms in total. The lowest BCUT2D eigenvalue weighted by atomic mass is 10.0. The van der Waals surface area contributed by atoms with Crippen molar-refractivity contribution in [1.82, 2.24) is 4.90 Å². The molecule has 11 heteroatoms. The summed E-state index contributed by atoms with van der Waals surface area (Å²) >= 11 is 0. The number of amidine groups is 2. The number of phenols is 1. The lowest BCUT2D eigenvalue weighted by Gasteiger charge is -2.18. The van der Waals surface area contributed by atoms with Crippen molar-refractivity contribution in [2.24, 2.45) is 21.5 Å². The molecule has 1 atom stereocenters. The summed E-state index contributed by atoms with van der Waals surface area (Å²) in [6.45, 7) is 5.90. The minimum absolute atomic E-state index is 0.191. The van der Waals surface area contributed by atoms with Crippen LogP contribution in [0, 0.1) is 0 Å². The number of rotatable bonds is 6. The zero-order valence-corrected chi connectivity index (χ0v) is 19.1. The second-order valence-corrected chi connectivity index (χ2v) is 7.93. The average molecular weight is 467 g/mol. The van der Waals surface area contributed by atoms with Crippen LogP contribution in [0.5, 0.6) is 5.75 Å². The van der Waals surface area contributed by atoms with Crippen LogP contribution < -0.4 is 11.5 Å². The first-order valence-electron chi connectivity index (χ1n) is 10.2. The molecule has 0 spiro atoms. The van der Waals surface area contributed by atoms with Gasteiger partial charge in [-0.1, -0.05) is 20.8 Å². The Balaban J connectivity index is 2.48. The van der Waals surface area contributed by atoms with Crippen LogP contribution in [0.25, 0.3) is 0 Å². The maximum absolute atomic E-state index is 13.4. The van der Waals surface area contributed by atoms with Crippen LogP contribution in [0.15, 0.2) is 38.9 Å². The Bertz CT molecular complexity index is 1070. The van der Waals surface area contributed by atoms with Gasteiger partial charge in [-0.15, -0.1) is 0 Å². The van der Waals surface area contributed by atoms with Crippen LogP contribution in [0.1, 0.15) is 66.4 Å². The molecule has 180 valence electrons. The van der Waals surface area contributed by atoms with Crippen LogP contribution in [-0.2, 0) is 6.18 Å². The van der Waals surface area contributed by atoms with E-state index in [1.165, 1.54) is 14.1 Å². The maximum atomic E-state index is 13.4. The molecule has 0 radical (unpaired) electrons. The monoisotopic (exact) mass is 467 g/mol. The Morgan fingerprint density at radius 3 is 2.33 bits per heavy atom. The molecule has 1 aromatic carbocycles. The third-order valence-corrected chi connectivity index (χ3v) is 4.90. The van der Waals surface area contributed by atoms with Crippen molar-refractivity contribution >= 4 is 23.3 Å². The summed E-state index contributed by atoms with van der Waals surface area (Å²) in [5, 5.41) is 10.4. The molecule has 0 aliphatic heterocycles. The molecule has 2 rings (SSSR count). The Morgan fingerprint density at radius 2 is 1.85 bits per heavy atom. The topological polar surface area (TPSA) is 130 Å². The SMILES string of the molecule is CC[C@@H](N=C(N)C(N)=Nc1ccc(C(F)(F)F)c(C(=O)N(C)C)c1O)c1cc(C(C)C)co1. The molecule has 33 heavy (non-hydrogen) atoms. The average Bonchev–Trinajstić information content (AvgIpc) is 3.22. The van der Waals surface area contributed by atoms with Gasteiger partial charge in [0, 0.05) is 14.1 Å². The van der Waals surface area contributed by atoms with Gasteiger partial charge < -0.3 is 25.9 Å². The Labute approximate surface area is 189 Å². The third-order valence-electron chi connectivity index (χ3n) is 4.90. The fraction of sp³-hybridized carbons (Fsp3) is 0.409. The fourth-order valence-electron chi connectivity index (χ4n) is 2.97. The normalized spacial score (nSPS) is 14.0. The minimum Gasteiger partial charge on any atom is -0.505 e. The van der Waals surface area contributed by atoms with Crippen molar-refractivity contribution in [3.05, 3.63) is 46.9 Å². The number of hydrogen-bond acceptors (Lipinski definition) is 5.